The lowest BCUT2D eigenvalue weighted by atomic mass is 9.93. The Morgan fingerprint density at radius 1 is 1.17 bits per heavy atom. The van der Waals surface area contributed by atoms with Gasteiger partial charge in [-0.1, -0.05) is 24.6 Å². The fraction of sp³-hybridized carbons (Fsp3) is 0.500. The van der Waals surface area contributed by atoms with Crippen LogP contribution in [0.15, 0.2) is 35.5 Å². The van der Waals surface area contributed by atoms with Crippen molar-refractivity contribution in [2.75, 3.05) is 32.7 Å². The molecule has 0 atom stereocenters. The van der Waals surface area contributed by atoms with Gasteiger partial charge in [0.25, 0.3) is 0 Å². The summed E-state index contributed by atoms with van der Waals surface area (Å²) in [6, 6.07) is 8.77. The topological polar surface area (TPSA) is 61.1 Å². The SMILES string of the molecule is CCc1cc2n(c1)Cc1cc(C)ccc1N=C2N1CCN(CC(C)(C)C(=O)O)CC1. The smallest absolute Gasteiger partial charge is 0.310 e. The van der Waals surface area contributed by atoms with Crippen molar-refractivity contribution < 1.29 is 9.90 Å². The molecule has 1 aromatic heterocycles. The molecule has 0 saturated carbocycles. The van der Waals surface area contributed by atoms with Gasteiger partial charge in [-0.25, -0.2) is 4.99 Å². The number of hydrogen-bond donors (Lipinski definition) is 1. The Kier molecular flexibility index (Phi) is 5.45. The molecule has 160 valence electrons. The maximum Gasteiger partial charge on any atom is 0.310 e. The third kappa shape index (κ3) is 4.01. The first-order chi connectivity index (χ1) is 14.3. The number of aliphatic imine (C=N–C) groups is 1. The highest BCUT2D eigenvalue weighted by atomic mass is 16.4. The van der Waals surface area contributed by atoms with Crippen molar-refractivity contribution in [1.82, 2.24) is 14.4 Å². The van der Waals surface area contributed by atoms with E-state index in [1.54, 1.807) is 13.8 Å². The Bertz CT molecular complexity index is 981. The molecule has 1 fully saturated rings. The van der Waals surface area contributed by atoms with Gasteiger partial charge in [0.15, 0.2) is 5.84 Å². The number of amidine groups is 1. The van der Waals surface area contributed by atoms with E-state index >= 15 is 0 Å². The summed E-state index contributed by atoms with van der Waals surface area (Å²) in [4.78, 5) is 21.2. The van der Waals surface area contributed by atoms with Crippen LogP contribution in [0, 0.1) is 12.3 Å². The highest BCUT2D eigenvalue weighted by Crippen LogP contribution is 2.29. The molecule has 2 aliphatic rings. The zero-order valence-corrected chi connectivity index (χ0v) is 18.5. The lowest BCUT2D eigenvalue weighted by molar-refractivity contribution is -0.148. The molecule has 0 unspecified atom stereocenters. The highest BCUT2D eigenvalue weighted by molar-refractivity contribution is 6.00. The molecule has 0 radical (unpaired) electrons. The van der Waals surface area contributed by atoms with Crippen LogP contribution in [0.5, 0.6) is 0 Å². The second-order valence-electron chi connectivity index (χ2n) is 9.23. The molecular formula is C24H32N4O2. The number of aromatic nitrogens is 1. The maximum absolute atomic E-state index is 11.5. The number of fused-ring (bicyclic) bond motifs is 2. The summed E-state index contributed by atoms with van der Waals surface area (Å²) >= 11 is 0. The number of carboxylic acids is 1. The van der Waals surface area contributed by atoms with Crippen LogP contribution < -0.4 is 0 Å². The first-order valence-electron chi connectivity index (χ1n) is 10.8. The van der Waals surface area contributed by atoms with E-state index in [-0.39, 0.29) is 0 Å². The van der Waals surface area contributed by atoms with E-state index in [4.69, 9.17) is 4.99 Å². The van der Waals surface area contributed by atoms with Crippen LogP contribution in [0.25, 0.3) is 0 Å². The minimum absolute atomic E-state index is 0.571. The lowest BCUT2D eigenvalue weighted by Crippen LogP contribution is -2.52. The van der Waals surface area contributed by atoms with Crippen LogP contribution in [-0.4, -0.2) is 64.0 Å². The number of piperazine rings is 1. The standard InChI is InChI=1S/C24H32N4O2/c1-5-18-13-21-22(25-20-7-6-17(2)12-19(20)15-28(21)14-18)27-10-8-26(9-11-27)16-24(3,4)23(29)30/h6-7,12-14H,5,8-11,15-16H2,1-4H3,(H,29,30). The molecule has 2 aromatic rings. The highest BCUT2D eigenvalue weighted by Gasteiger charge is 2.32. The van der Waals surface area contributed by atoms with Crippen LogP contribution in [0.1, 0.15) is 43.2 Å². The first-order valence-corrected chi connectivity index (χ1v) is 10.8. The number of hydrogen-bond acceptors (Lipinski definition) is 4. The average molecular weight is 409 g/mol. The van der Waals surface area contributed by atoms with Crippen molar-refractivity contribution in [3.8, 4) is 0 Å². The number of nitrogens with zero attached hydrogens (tertiary/aromatic N) is 4. The summed E-state index contributed by atoms with van der Waals surface area (Å²) < 4.78 is 2.34. The minimum atomic E-state index is -0.741. The van der Waals surface area contributed by atoms with Crippen molar-refractivity contribution in [3.05, 3.63) is 52.8 Å². The number of benzene rings is 1. The Morgan fingerprint density at radius 2 is 1.90 bits per heavy atom. The van der Waals surface area contributed by atoms with E-state index in [1.165, 1.54) is 22.4 Å². The van der Waals surface area contributed by atoms with Crippen molar-refractivity contribution >= 4 is 17.5 Å². The van der Waals surface area contributed by atoms with E-state index < -0.39 is 11.4 Å². The Hall–Kier alpha value is -2.60. The van der Waals surface area contributed by atoms with Gasteiger partial charge in [-0.15, -0.1) is 0 Å². The Balaban J connectivity index is 1.60. The fourth-order valence-electron chi connectivity index (χ4n) is 4.36. The van der Waals surface area contributed by atoms with Crippen molar-refractivity contribution in [3.63, 3.8) is 0 Å². The third-order valence-corrected chi connectivity index (χ3v) is 6.26. The summed E-state index contributed by atoms with van der Waals surface area (Å²) in [6.07, 6.45) is 3.26. The summed E-state index contributed by atoms with van der Waals surface area (Å²) in [6.45, 7) is 12.7. The summed E-state index contributed by atoms with van der Waals surface area (Å²) in [5.41, 5.74) is 5.34. The normalized spacial score (nSPS) is 17.2. The Morgan fingerprint density at radius 3 is 2.57 bits per heavy atom. The second-order valence-corrected chi connectivity index (χ2v) is 9.23. The monoisotopic (exact) mass is 408 g/mol. The van der Waals surface area contributed by atoms with Crippen molar-refractivity contribution in [2.45, 2.75) is 40.7 Å². The van der Waals surface area contributed by atoms with Crippen molar-refractivity contribution in [2.24, 2.45) is 10.4 Å². The predicted octanol–water partition coefficient (Wildman–Crippen LogP) is 3.53. The second kappa shape index (κ2) is 7.91. The molecule has 6 nitrogen and oxygen atoms in total. The molecule has 0 spiro atoms. The molecule has 4 rings (SSSR count). The van der Waals surface area contributed by atoms with Gasteiger partial charge in [0.05, 0.1) is 16.8 Å². The molecule has 0 aliphatic carbocycles. The largest absolute Gasteiger partial charge is 0.481 e. The summed E-state index contributed by atoms with van der Waals surface area (Å²) in [7, 11) is 0. The minimum Gasteiger partial charge on any atom is -0.481 e. The van der Waals surface area contributed by atoms with Gasteiger partial charge in [-0.05, 0) is 50.5 Å². The van der Waals surface area contributed by atoms with Crippen LogP contribution in [0.3, 0.4) is 0 Å². The number of aryl methyl sites for hydroxylation is 2. The lowest BCUT2D eigenvalue weighted by Gasteiger charge is -2.38. The van der Waals surface area contributed by atoms with Crippen LogP contribution in [-0.2, 0) is 17.8 Å². The van der Waals surface area contributed by atoms with Crippen LogP contribution >= 0.6 is 0 Å². The van der Waals surface area contributed by atoms with Gasteiger partial charge in [0, 0.05) is 45.5 Å². The number of carboxylic acid groups (broad SMARTS) is 1. The molecule has 1 saturated heterocycles. The van der Waals surface area contributed by atoms with Gasteiger partial charge in [-0.2, -0.15) is 0 Å². The third-order valence-electron chi connectivity index (χ3n) is 6.26. The fourth-order valence-corrected chi connectivity index (χ4v) is 4.36. The molecule has 6 heteroatoms. The molecule has 3 heterocycles. The Labute approximate surface area is 178 Å². The number of aliphatic carboxylic acids is 1. The molecule has 0 bridgehead atoms. The van der Waals surface area contributed by atoms with Gasteiger partial charge < -0.3 is 14.6 Å². The summed E-state index contributed by atoms with van der Waals surface area (Å²) in [5.74, 6) is 0.296. The molecule has 30 heavy (non-hydrogen) atoms. The number of rotatable bonds is 4. The van der Waals surface area contributed by atoms with Gasteiger partial charge >= 0.3 is 5.97 Å². The van der Waals surface area contributed by atoms with E-state index in [0.717, 1.165) is 50.7 Å². The maximum atomic E-state index is 11.5. The molecular weight excluding hydrogens is 376 g/mol. The molecule has 1 N–H and O–H groups in total. The first kappa shape index (κ1) is 20.7. The van der Waals surface area contributed by atoms with E-state index in [1.807, 2.05) is 0 Å². The van der Waals surface area contributed by atoms with E-state index in [2.05, 4.69) is 58.7 Å². The van der Waals surface area contributed by atoms with Gasteiger partial charge in [0.1, 0.15) is 0 Å². The zero-order valence-electron chi connectivity index (χ0n) is 18.5. The van der Waals surface area contributed by atoms with Gasteiger partial charge in [0.2, 0.25) is 0 Å². The van der Waals surface area contributed by atoms with E-state index in [0.29, 0.717) is 6.54 Å². The predicted molar refractivity (Wildman–Crippen MR) is 120 cm³/mol. The molecule has 1 aromatic carbocycles. The van der Waals surface area contributed by atoms with Gasteiger partial charge in [-0.3, -0.25) is 9.69 Å². The summed E-state index contributed by atoms with van der Waals surface area (Å²) in [5, 5.41) is 9.45. The average Bonchev–Trinajstić information content (AvgIpc) is 3.04. The molecule has 0 amide bonds. The zero-order chi connectivity index (χ0) is 21.5. The van der Waals surface area contributed by atoms with E-state index in [9.17, 15) is 9.90 Å². The van der Waals surface area contributed by atoms with Crippen LogP contribution in [0.2, 0.25) is 0 Å². The quantitative estimate of drug-likeness (QED) is 0.841. The number of carbonyl (C=O) groups is 1. The van der Waals surface area contributed by atoms with Crippen molar-refractivity contribution in [1.29, 1.82) is 0 Å². The molecule has 2 aliphatic heterocycles. The van der Waals surface area contributed by atoms with Crippen LogP contribution in [0.4, 0.5) is 5.69 Å².